The minimum atomic E-state index is 0.338. The van der Waals surface area contributed by atoms with E-state index in [2.05, 4.69) is 71.0 Å². The SMILES string of the molecule is C[n+]1cc2ccccn2c1.Cc1ccc2ccoc2c1.Cc1ccc2cn[nH]c2c1.Cc1cccc(O)c1. The van der Waals surface area contributed by atoms with Crippen LogP contribution in [-0.4, -0.2) is 19.7 Å². The molecule has 6 heteroatoms. The first kappa shape index (κ1) is 26.2. The minimum absolute atomic E-state index is 0.338. The second-order valence-corrected chi connectivity index (χ2v) is 9.20. The first-order valence-corrected chi connectivity index (χ1v) is 12.4. The van der Waals surface area contributed by atoms with Gasteiger partial charge in [0, 0.05) is 10.8 Å². The molecule has 0 saturated carbocycles. The lowest BCUT2D eigenvalue weighted by Crippen LogP contribution is -2.23. The summed E-state index contributed by atoms with van der Waals surface area (Å²) in [7, 11) is 2.02. The van der Waals surface area contributed by atoms with Gasteiger partial charge < -0.3 is 9.52 Å². The summed E-state index contributed by atoms with van der Waals surface area (Å²) in [5, 5.41) is 18.0. The van der Waals surface area contributed by atoms with Crippen LogP contribution in [0.4, 0.5) is 0 Å². The van der Waals surface area contributed by atoms with Crippen molar-refractivity contribution in [3.8, 4) is 5.75 Å². The van der Waals surface area contributed by atoms with E-state index in [0.717, 1.165) is 16.7 Å². The van der Waals surface area contributed by atoms with Crippen molar-refractivity contribution in [2.45, 2.75) is 20.8 Å². The number of aromatic amines is 1. The molecule has 0 radical (unpaired) electrons. The number of phenols is 1. The van der Waals surface area contributed by atoms with Gasteiger partial charge in [-0.25, -0.2) is 8.97 Å². The molecule has 0 amide bonds. The van der Waals surface area contributed by atoms with Crippen molar-refractivity contribution >= 4 is 27.4 Å². The zero-order valence-corrected chi connectivity index (χ0v) is 22.2. The third kappa shape index (κ3) is 7.34. The van der Waals surface area contributed by atoms with E-state index in [4.69, 9.17) is 9.52 Å². The molecule has 0 saturated heterocycles. The highest BCUT2D eigenvalue weighted by Gasteiger charge is 1.98. The van der Waals surface area contributed by atoms with Crippen LogP contribution < -0.4 is 4.57 Å². The molecular weight excluding hydrogens is 472 g/mol. The van der Waals surface area contributed by atoms with E-state index in [1.54, 1.807) is 18.4 Å². The molecule has 4 aromatic heterocycles. The van der Waals surface area contributed by atoms with Gasteiger partial charge in [0.2, 0.25) is 6.33 Å². The Morgan fingerprint density at radius 3 is 2.32 bits per heavy atom. The maximum Gasteiger partial charge on any atom is 0.248 e. The molecule has 192 valence electrons. The zero-order chi connectivity index (χ0) is 26.9. The molecular formula is C32H33N4O2+. The van der Waals surface area contributed by atoms with Crippen LogP contribution in [0.15, 0.2) is 121 Å². The van der Waals surface area contributed by atoms with Crippen LogP contribution in [0, 0.1) is 20.8 Å². The number of pyridine rings is 1. The van der Waals surface area contributed by atoms with Gasteiger partial charge in [0.15, 0.2) is 5.52 Å². The third-order valence-electron chi connectivity index (χ3n) is 5.78. The Balaban J connectivity index is 0.000000119. The highest BCUT2D eigenvalue weighted by molar-refractivity contribution is 5.78. The summed E-state index contributed by atoms with van der Waals surface area (Å²) in [5.74, 6) is 0.338. The number of aromatic hydroxyl groups is 1. The Morgan fingerprint density at radius 1 is 0.816 bits per heavy atom. The number of hydrogen-bond donors (Lipinski definition) is 2. The Kier molecular flexibility index (Phi) is 8.57. The topological polar surface area (TPSA) is 70.3 Å². The summed E-state index contributed by atoms with van der Waals surface area (Å²) in [6.07, 6.45) is 9.70. The number of rotatable bonds is 0. The van der Waals surface area contributed by atoms with Crippen LogP contribution in [0.5, 0.6) is 5.75 Å². The first-order chi connectivity index (χ1) is 18.4. The predicted octanol–water partition coefficient (Wildman–Crippen LogP) is 7.08. The number of imidazole rings is 1. The van der Waals surface area contributed by atoms with E-state index in [0.29, 0.717) is 5.75 Å². The summed E-state index contributed by atoms with van der Waals surface area (Å²) >= 11 is 0. The van der Waals surface area contributed by atoms with E-state index >= 15 is 0 Å². The lowest BCUT2D eigenvalue weighted by Gasteiger charge is -1.89. The zero-order valence-electron chi connectivity index (χ0n) is 22.2. The van der Waals surface area contributed by atoms with Crippen LogP contribution in [0.25, 0.3) is 27.4 Å². The molecule has 0 aliphatic carbocycles. The standard InChI is InChI=1S/C9H8O.C8H8N2.C8H9N2.C7H8O/c1-7-2-3-8-4-5-10-9(8)6-7;1-6-2-3-7-5-9-10-8(7)4-6;1-9-6-8-4-2-3-5-10(8)7-9;1-6-3-2-4-7(8)5-6/h2-6H,1H3;2-5H,1H3,(H,9,10);2-7H,1H3;2-5,8H,1H3/q;;+1;. The van der Waals surface area contributed by atoms with Crippen LogP contribution in [0.3, 0.4) is 0 Å². The van der Waals surface area contributed by atoms with Gasteiger partial charge in [-0.05, 0) is 79.9 Å². The lowest BCUT2D eigenvalue weighted by molar-refractivity contribution is -0.670. The Labute approximate surface area is 222 Å². The predicted molar refractivity (Wildman–Crippen MR) is 153 cm³/mol. The number of benzene rings is 3. The second kappa shape index (κ2) is 12.4. The molecule has 4 heterocycles. The smallest absolute Gasteiger partial charge is 0.248 e. The molecule has 0 unspecified atom stereocenters. The summed E-state index contributed by atoms with van der Waals surface area (Å²) in [6, 6.07) is 27.7. The van der Waals surface area contributed by atoms with Gasteiger partial charge in [0.1, 0.15) is 17.5 Å². The first-order valence-electron chi connectivity index (χ1n) is 12.4. The normalized spacial score (nSPS) is 10.2. The van der Waals surface area contributed by atoms with E-state index < -0.39 is 0 Å². The third-order valence-corrected chi connectivity index (χ3v) is 5.78. The van der Waals surface area contributed by atoms with Crippen LogP contribution >= 0.6 is 0 Å². The van der Waals surface area contributed by atoms with Crippen LogP contribution in [0.1, 0.15) is 16.7 Å². The molecule has 0 aliphatic rings. The van der Waals surface area contributed by atoms with Gasteiger partial charge in [-0.15, -0.1) is 0 Å². The lowest BCUT2D eigenvalue weighted by atomic mass is 10.2. The molecule has 38 heavy (non-hydrogen) atoms. The number of aryl methyl sites for hydroxylation is 4. The fourth-order valence-corrected chi connectivity index (χ4v) is 3.86. The number of phenolic OH excluding ortho intramolecular Hbond substituents is 1. The summed E-state index contributed by atoms with van der Waals surface area (Å²) in [5.41, 5.74) is 6.90. The monoisotopic (exact) mass is 505 g/mol. The Bertz CT molecular complexity index is 1620. The number of aromatic nitrogens is 4. The van der Waals surface area contributed by atoms with E-state index in [1.165, 1.54) is 27.4 Å². The van der Waals surface area contributed by atoms with Crippen molar-refractivity contribution in [3.05, 3.63) is 133 Å². The van der Waals surface area contributed by atoms with Gasteiger partial charge >= 0.3 is 0 Å². The summed E-state index contributed by atoms with van der Waals surface area (Å²) in [4.78, 5) is 0. The number of nitrogens with zero attached hydrogens (tertiary/aromatic N) is 3. The van der Waals surface area contributed by atoms with Gasteiger partial charge in [-0.2, -0.15) is 5.10 Å². The Morgan fingerprint density at radius 2 is 1.58 bits per heavy atom. The highest BCUT2D eigenvalue weighted by Crippen LogP contribution is 2.16. The van der Waals surface area contributed by atoms with Crippen molar-refractivity contribution in [1.82, 2.24) is 14.6 Å². The fraction of sp³-hybridized carbons (Fsp3) is 0.125. The highest BCUT2D eigenvalue weighted by atomic mass is 16.3. The molecule has 7 rings (SSSR count). The number of hydrogen-bond acceptors (Lipinski definition) is 3. The van der Waals surface area contributed by atoms with Gasteiger partial charge in [0.05, 0.1) is 31.2 Å². The molecule has 6 nitrogen and oxygen atoms in total. The molecule has 0 fully saturated rings. The Hall–Kier alpha value is -4.84. The summed E-state index contributed by atoms with van der Waals surface area (Å²) < 4.78 is 9.32. The van der Waals surface area contributed by atoms with Crippen molar-refractivity contribution < 1.29 is 14.1 Å². The molecule has 7 aromatic rings. The number of nitrogens with one attached hydrogen (secondary N) is 1. The average molecular weight is 506 g/mol. The van der Waals surface area contributed by atoms with Gasteiger partial charge in [-0.3, -0.25) is 5.10 Å². The molecule has 0 atom stereocenters. The van der Waals surface area contributed by atoms with Crippen molar-refractivity contribution in [1.29, 1.82) is 0 Å². The number of H-pyrrole nitrogens is 1. The van der Waals surface area contributed by atoms with Crippen LogP contribution in [0.2, 0.25) is 0 Å². The van der Waals surface area contributed by atoms with Gasteiger partial charge in [0.25, 0.3) is 0 Å². The molecule has 0 aliphatic heterocycles. The largest absolute Gasteiger partial charge is 0.508 e. The van der Waals surface area contributed by atoms with E-state index in [1.807, 2.05) is 73.7 Å². The summed E-state index contributed by atoms with van der Waals surface area (Å²) in [6.45, 7) is 6.07. The fourth-order valence-electron chi connectivity index (χ4n) is 3.86. The molecule has 3 aromatic carbocycles. The maximum absolute atomic E-state index is 8.81. The van der Waals surface area contributed by atoms with Crippen molar-refractivity contribution in [2.75, 3.05) is 0 Å². The number of furan rings is 1. The quantitative estimate of drug-likeness (QED) is 0.216. The van der Waals surface area contributed by atoms with Crippen molar-refractivity contribution in [3.63, 3.8) is 0 Å². The molecule has 2 N–H and O–H groups in total. The average Bonchev–Trinajstić information content (AvgIpc) is 3.63. The number of fused-ring (bicyclic) bond motifs is 3. The van der Waals surface area contributed by atoms with Crippen molar-refractivity contribution in [2.24, 2.45) is 7.05 Å². The van der Waals surface area contributed by atoms with E-state index in [9.17, 15) is 0 Å². The molecule has 0 spiro atoms. The van der Waals surface area contributed by atoms with Crippen LogP contribution in [-0.2, 0) is 7.05 Å². The molecule has 0 bridgehead atoms. The maximum atomic E-state index is 8.81. The minimum Gasteiger partial charge on any atom is -0.508 e. The second-order valence-electron chi connectivity index (χ2n) is 9.20. The van der Waals surface area contributed by atoms with E-state index in [-0.39, 0.29) is 0 Å². The van der Waals surface area contributed by atoms with Gasteiger partial charge in [-0.1, -0.05) is 42.5 Å².